The predicted molar refractivity (Wildman–Crippen MR) is 70.9 cm³/mol. The maximum Gasteiger partial charge on any atom is 0.339 e. The summed E-state index contributed by atoms with van der Waals surface area (Å²) in [6, 6.07) is 1.98. The molecule has 1 aromatic rings. The van der Waals surface area contributed by atoms with Crippen LogP contribution < -0.4 is 4.89 Å². The Morgan fingerprint density at radius 1 is 1.40 bits per heavy atom. The Bertz CT molecular complexity index is 609. The molecule has 0 heterocycles. The van der Waals surface area contributed by atoms with Gasteiger partial charge in [-0.05, 0) is 30.5 Å². The van der Waals surface area contributed by atoms with E-state index in [1.807, 2.05) is 18.7 Å². The molecule has 0 atom stereocenters. The highest BCUT2D eigenvalue weighted by Gasteiger charge is 2.22. The number of aromatic hydroxyl groups is 1. The van der Waals surface area contributed by atoms with Gasteiger partial charge in [-0.15, -0.1) is 0 Å². The van der Waals surface area contributed by atoms with Gasteiger partial charge < -0.3 is 10.2 Å². The minimum atomic E-state index is -4.01. The lowest BCUT2D eigenvalue weighted by molar-refractivity contribution is 0.0692. The number of hydrogen-bond donors (Lipinski definition) is 3. The second kappa shape index (κ2) is 6.21. The van der Waals surface area contributed by atoms with E-state index in [-0.39, 0.29) is 23.0 Å². The molecule has 0 aliphatic heterocycles. The molecule has 112 valence electrons. The van der Waals surface area contributed by atoms with Gasteiger partial charge in [-0.25, -0.2) is 13.2 Å². The van der Waals surface area contributed by atoms with Crippen LogP contribution in [-0.2, 0) is 14.9 Å². The average Bonchev–Trinajstić information content (AvgIpc) is 2.26. The zero-order chi connectivity index (χ0) is 15.5. The fraction of sp³-hybridized carbons (Fsp3) is 0.417. The Morgan fingerprint density at radius 2 is 2.00 bits per heavy atom. The van der Waals surface area contributed by atoms with Crippen molar-refractivity contribution in [1.82, 2.24) is 4.89 Å². The molecule has 1 rings (SSSR count). The van der Waals surface area contributed by atoms with Crippen LogP contribution in [0.25, 0.3) is 0 Å². The van der Waals surface area contributed by atoms with E-state index >= 15 is 0 Å². The first-order valence-corrected chi connectivity index (χ1v) is 7.34. The largest absolute Gasteiger partial charge is 0.507 e. The molecule has 0 aliphatic rings. The molecule has 0 bridgehead atoms. The molecular formula is C12H17NO6S. The van der Waals surface area contributed by atoms with E-state index in [0.29, 0.717) is 0 Å². The number of benzene rings is 1. The Hall–Kier alpha value is -1.64. The first-order valence-electron chi connectivity index (χ1n) is 5.85. The number of sulfonamides is 1. The lowest BCUT2D eigenvalue weighted by atomic mass is 10.1. The first-order chi connectivity index (χ1) is 9.15. The number of nitrogens with one attached hydrogen (secondary N) is 1. The molecule has 0 spiro atoms. The van der Waals surface area contributed by atoms with E-state index in [4.69, 9.17) is 9.94 Å². The number of carboxylic acid groups (broad SMARTS) is 1. The van der Waals surface area contributed by atoms with Gasteiger partial charge in [0.25, 0.3) is 10.0 Å². The normalized spacial score (nSPS) is 11.8. The van der Waals surface area contributed by atoms with Crippen molar-refractivity contribution in [2.75, 3.05) is 6.61 Å². The molecular weight excluding hydrogens is 286 g/mol. The summed E-state index contributed by atoms with van der Waals surface area (Å²) in [5, 5.41) is 18.4. The van der Waals surface area contributed by atoms with Crippen LogP contribution in [0.1, 0.15) is 29.8 Å². The highest BCUT2D eigenvalue weighted by Crippen LogP contribution is 2.25. The van der Waals surface area contributed by atoms with Gasteiger partial charge in [0.15, 0.2) is 0 Å². The zero-order valence-corrected chi connectivity index (χ0v) is 12.2. The minimum Gasteiger partial charge on any atom is -0.507 e. The first kappa shape index (κ1) is 16.4. The van der Waals surface area contributed by atoms with Crippen LogP contribution in [-0.4, -0.2) is 31.2 Å². The topological polar surface area (TPSA) is 113 Å². The number of hydrogen-bond acceptors (Lipinski definition) is 5. The Morgan fingerprint density at radius 3 is 2.50 bits per heavy atom. The molecule has 0 saturated heterocycles. The maximum absolute atomic E-state index is 12.0. The van der Waals surface area contributed by atoms with Crippen molar-refractivity contribution in [3.05, 3.63) is 23.3 Å². The highest BCUT2D eigenvalue weighted by molar-refractivity contribution is 7.89. The number of aryl methyl sites for hydroxylation is 1. The van der Waals surface area contributed by atoms with Crippen molar-refractivity contribution in [2.45, 2.75) is 25.7 Å². The molecule has 8 heteroatoms. The quantitative estimate of drug-likeness (QED) is 0.682. The van der Waals surface area contributed by atoms with Gasteiger partial charge in [0.1, 0.15) is 11.3 Å². The number of aromatic carboxylic acids is 1. The predicted octanol–water partition coefficient (Wildman–Crippen LogP) is 1.26. The van der Waals surface area contributed by atoms with Gasteiger partial charge in [-0.2, -0.15) is 0 Å². The Balaban J connectivity index is 3.11. The van der Waals surface area contributed by atoms with E-state index in [0.717, 1.165) is 12.1 Å². The SMILES string of the molecule is Cc1cc(O)c(C(=O)O)cc1S(=O)(=O)NOCC(C)C. The molecule has 0 fully saturated rings. The summed E-state index contributed by atoms with van der Waals surface area (Å²) in [6.07, 6.45) is 0. The zero-order valence-electron chi connectivity index (χ0n) is 11.4. The summed E-state index contributed by atoms with van der Waals surface area (Å²) in [5.74, 6) is -1.77. The fourth-order valence-corrected chi connectivity index (χ4v) is 2.53. The van der Waals surface area contributed by atoms with Gasteiger partial charge in [0.2, 0.25) is 0 Å². The Labute approximate surface area is 117 Å². The molecule has 3 N–H and O–H groups in total. The second-order valence-electron chi connectivity index (χ2n) is 4.73. The molecule has 20 heavy (non-hydrogen) atoms. The van der Waals surface area contributed by atoms with Gasteiger partial charge >= 0.3 is 5.97 Å². The second-order valence-corrected chi connectivity index (χ2v) is 6.34. The standard InChI is InChI=1S/C12H17NO6S/c1-7(2)6-19-13-20(17,18)11-5-9(12(15)16)10(14)4-8(11)3/h4-5,7,13-14H,6H2,1-3H3,(H,15,16). The monoisotopic (exact) mass is 303 g/mol. The molecule has 0 unspecified atom stereocenters. The number of phenols is 1. The van der Waals surface area contributed by atoms with Crippen molar-refractivity contribution in [3.8, 4) is 5.75 Å². The molecule has 0 aromatic heterocycles. The number of carbonyl (C=O) groups is 1. The summed E-state index contributed by atoms with van der Waals surface area (Å²) in [6.45, 7) is 5.33. The third-order valence-electron chi connectivity index (χ3n) is 2.40. The van der Waals surface area contributed by atoms with Crippen molar-refractivity contribution in [1.29, 1.82) is 0 Å². The third kappa shape index (κ3) is 3.92. The van der Waals surface area contributed by atoms with Crippen LogP contribution in [0.3, 0.4) is 0 Å². The highest BCUT2D eigenvalue weighted by atomic mass is 32.2. The molecule has 1 aromatic carbocycles. The van der Waals surface area contributed by atoms with E-state index in [9.17, 15) is 18.3 Å². The summed E-state index contributed by atoms with van der Waals surface area (Å²) in [7, 11) is -4.01. The van der Waals surface area contributed by atoms with Crippen molar-refractivity contribution < 1.29 is 28.3 Å². The smallest absolute Gasteiger partial charge is 0.339 e. The average molecular weight is 303 g/mol. The summed E-state index contributed by atoms with van der Waals surface area (Å²) in [5.41, 5.74) is -0.270. The molecule has 7 nitrogen and oxygen atoms in total. The lowest BCUT2D eigenvalue weighted by Crippen LogP contribution is -2.26. The molecule has 0 aliphatic carbocycles. The van der Waals surface area contributed by atoms with E-state index in [2.05, 4.69) is 0 Å². The molecule has 0 amide bonds. The molecule has 0 saturated carbocycles. The van der Waals surface area contributed by atoms with Crippen molar-refractivity contribution in [3.63, 3.8) is 0 Å². The maximum atomic E-state index is 12.0. The number of rotatable bonds is 6. The van der Waals surface area contributed by atoms with Gasteiger partial charge in [-0.1, -0.05) is 18.7 Å². The van der Waals surface area contributed by atoms with Crippen LogP contribution in [0.5, 0.6) is 5.75 Å². The fourth-order valence-electron chi connectivity index (χ4n) is 1.46. The van der Waals surface area contributed by atoms with Gasteiger partial charge in [-0.3, -0.25) is 4.84 Å². The van der Waals surface area contributed by atoms with Gasteiger partial charge in [0.05, 0.1) is 11.5 Å². The number of carboxylic acids is 1. The van der Waals surface area contributed by atoms with E-state index < -0.39 is 27.3 Å². The van der Waals surface area contributed by atoms with Crippen LogP contribution >= 0.6 is 0 Å². The Kier molecular flexibility index (Phi) is 5.09. The molecule has 0 radical (unpaired) electrons. The van der Waals surface area contributed by atoms with E-state index in [1.165, 1.54) is 6.92 Å². The van der Waals surface area contributed by atoms with Crippen molar-refractivity contribution >= 4 is 16.0 Å². The summed E-state index contributed by atoms with van der Waals surface area (Å²) in [4.78, 5) is 17.4. The third-order valence-corrected chi connectivity index (χ3v) is 3.75. The van der Waals surface area contributed by atoms with Crippen LogP contribution in [0, 0.1) is 12.8 Å². The van der Waals surface area contributed by atoms with Crippen molar-refractivity contribution in [2.24, 2.45) is 5.92 Å². The lowest BCUT2D eigenvalue weighted by Gasteiger charge is -2.12. The van der Waals surface area contributed by atoms with E-state index in [1.54, 1.807) is 0 Å². The van der Waals surface area contributed by atoms with Crippen LogP contribution in [0.4, 0.5) is 0 Å². The van der Waals surface area contributed by atoms with Crippen LogP contribution in [0.15, 0.2) is 17.0 Å². The van der Waals surface area contributed by atoms with Crippen LogP contribution in [0.2, 0.25) is 0 Å². The van der Waals surface area contributed by atoms with Gasteiger partial charge in [0, 0.05) is 0 Å². The summed E-state index contributed by atoms with van der Waals surface area (Å²) < 4.78 is 24.0. The summed E-state index contributed by atoms with van der Waals surface area (Å²) >= 11 is 0. The minimum absolute atomic E-state index is 0.133.